The minimum absolute atomic E-state index is 0.00372. The molecule has 2 atom stereocenters. The molecule has 0 spiro atoms. The monoisotopic (exact) mass is 476 g/mol. The average molecular weight is 477 g/mol. The maximum absolute atomic E-state index is 11.3. The van der Waals surface area contributed by atoms with E-state index >= 15 is 0 Å². The zero-order valence-electron chi connectivity index (χ0n) is 20.0. The van der Waals surface area contributed by atoms with Gasteiger partial charge >= 0.3 is 0 Å². The van der Waals surface area contributed by atoms with Crippen LogP contribution < -0.4 is 0 Å². The molecule has 5 nitrogen and oxygen atoms in total. The third-order valence-electron chi connectivity index (χ3n) is 6.58. The molecule has 0 saturated heterocycles. The van der Waals surface area contributed by atoms with Gasteiger partial charge in [-0.1, -0.05) is 78.4 Å². The predicted octanol–water partition coefficient (Wildman–Crippen LogP) is 4.89. The van der Waals surface area contributed by atoms with Crippen LogP contribution in [0.3, 0.4) is 0 Å². The summed E-state index contributed by atoms with van der Waals surface area (Å²) >= 11 is 0. The first-order valence-electron chi connectivity index (χ1n) is 11.7. The predicted molar refractivity (Wildman–Crippen MR) is 135 cm³/mol. The van der Waals surface area contributed by atoms with E-state index in [1.165, 1.54) is 27.8 Å². The van der Waals surface area contributed by atoms with Gasteiger partial charge in [0, 0.05) is 16.9 Å². The maximum atomic E-state index is 11.3. The minimum atomic E-state index is -4.25. The molecule has 1 aliphatic heterocycles. The van der Waals surface area contributed by atoms with Crippen molar-refractivity contribution in [2.75, 3.05) is 12.3 Å². The fourth-order valence-corrected chi connectivity index (χ4v) is 5.63. The second-order valence-corrected chi connectivity index (χ2v) is 10.8. The van der Waals surface area contributed by atoms with Gasteiger partial charge in [-0.2, -0.15) is 0 Å². The summed E-state index contributed by atoms with van der Waals surface area (Å²) in [6.07, 6.45) is 2.43. The highest BCUT2D eigenvalue weighted by molar-refractivity contribution is 7.85. The Bertz CT molecular complexity index is 1250. The number of nitrogens with zero attached hydrogens (tertiary/aromatic N) is 2. The van der Waals surface area contributed by atoms with E-state index in [2.05, 4.69) is 85.1 Å². The number of hydrogen-bond donors (Lipinski definition) is 0. The Morgan fingerprint density at radius 2 is 1.44 bits per heavy atom. The van der Waals surface area contributed by atoms with Gasteiger partial charge in [0.15, 0.2) is 12.1 Å². The molecule has 0 N–H and O–H groups in total. The van der Waals surface area contributed by atoms with Gasteiger partial charge in [0.2, 0.25) is 6.34 Å². The molecule has 1 aliphatic rings. The van der Waals surface area contributed by atoms with E-state index < -0.39 is 10.1 Å². The third kappa shape index (κ3) is 5.57. The van der Waals surface area contributed by atoms with Crippen LogP contribution >= 0.6 is 0 Å². The van der Waals surface area contributed by atoms with Gasteiger partial charge in [-0.3, -0.25) is 9.48 Å². The van der Waals surface area contributed by atoms with Gasteiger partial charge in [-0.25, -0.2) is 8.42 Å². The fraction of sp³-hybridized carbons (Fsp3) is 0.321. The van der Waals surface area contributed by atoms with Crippen molar-refractivity contribution in [3.63, 3.8) is 0 Å². The smallest absolute Gasteiger partial charge is 0.235 e. The molecule has 3 aromatic rings. The van der Waals surface area contributed by atoms with E-state index in [-0.39, 0.29) is 17.8 Å². The first-order chi connectivity index (χ1) is 16.2. The van der Waals surface area contributed by atoms with Crippen molar-refractivity contribution >= 4 is 16.5 Å². The average Bonchev–Trinajstić information content (AvgIpc) is 3.14. The molecule has 6 heteroatoms. The molecule has 0 fully saturated rings. The van der Waals surface area contributed by atoms with Gasteiger partial charge in [-0.05, 0) is 43.9 Å². The topological polar surface area (TPSA) is 63.5 Å². The molecule has 3 aromatic carbocycles. The number of aryl methyl sites for hydroxylation is 3. The summed E-state index contributed by atoms with van der Waals surface area (Å²) in [5, 5.41) is 0. The summed E-state index contributed by atoms with van der Waals surface area (Å²) in [5.74, 6) is -0.356. The summed E-state index contributed by atoms with van der Waals surface area (Å²) in [7, 11) is -4.25. The van der Waals surface area contributed by atoms with E-state index in [9.17, 15) is 13.0 Å². The molecule has 0 bridgehead atoms. The van der Waals surface area contributed by atoms with Crippen molar-refractivity contribution in [3.8, 4) is 0 Å². The molecule has 0 radical (unpaired) electrons. The van der Waals surface area contributed by atoms with Crippen LogP contribution in [-0.4, -0.2) is 41.1 Å². The molecule has 0 aromatic heterocycles. The maximum Gasteiger partial charge on any atom is 0.235 e. The fourth-order valence-electron chi connectivity index (χ4n) is 5.15. The van der Waals surface area contributed by atoms with Gasteiger partial charge < -0.3 is 4.55 Å². The van der Waals surface area contributed by atoms with Crippen molar-refractivity contribution in [3.05, 3.63) is 106 Å². The van der Waals surface area contributed by atoms with Crippen molar-refractivity contribution in [1.29, 1.82) is 0 Å². The zero-order valence-corrected chi connectivity index (χ0v) is 20.8. The Kier molecular flexibility index (Phi) is 7.19. The standard InChI is InChI=1S/C28H32N2O3S/c1-21-17-22(2)26(23(3)18-21)19-30-20-29(15-10-16-34(31,32)33)27(24-11-6-4-7-12-24)28(30)25-13-8-5-9-14-25/h4-9,11-14,17-18,20,27-28H,10,15-16,19H2,1-3H3/t27-,28-/m1/s1. The van der Waals surface area contributed by atoms with E-state index in [0.29, 0.717) is 13.0 Å². The molecular weight excluding hydrogens is 444 g/mol. The summed E-state index contributed by atoms with van der Waals surface area (Å²) in [6.45, 7) is 7.68. The first-order valence-corrected chi connectivity index (χ1v) is 13.3. The molecule has 4 rings (SSSR count). The lowest BCUT2D eigenvalue weighted by atomic mass is 9.92. The Hall–Kier alpha value is -2.96. The molecule has 0 amide bonds. The summed E-state index contributed by atoms with van der Waals surface area (Å²) in [6, 6.07) is 25.3. The van der Waals surface area contributed by atoms with Crippen LogP contribution in [0.5, 0.6) is 0 Å². The van der Waals surface area contributed by atoms with Crippen LogP contribution in [0.4, 0.5) is 0 Å². The van der Waals surface area contributed by atoms with E-state index in [4.69, 9.17) is 0 Å². The van der Waals surface area contributed by atoms with Gasteiger partial charge in [0.05, 0.1) is 16.7 Å². The summed E-state index contributed by atoms with van der Waals surface area (Å²) < 4.78 is 36.1. The van der Waals surface area contributed by atoms with E-state index in [0.717, 1.165) is 12.1 Å². The lowest BCUT2D eigenvalue weighted by Crippen LogP contribution is -2.28. The first kappa shape index (κ1) is 24.2. The Morgan fingerprint density at radius 1 is 0.882 bits per heavy atom. The van der Waals surface area contributed by atoms with Crippen LogP contribution in [0, 0.1) is 20.8 Å². The molecular formula is C28H32N2O3S. The van der Waals surface area contributed by atoms with Gasteiger partial charge in [0.1, 0.15) is 6.54 Å². The second-order valence-electron chi connectivity index (χ2n) is 9.23. The summed E-state index contributed by atoms with van der Waals surface area (Å²) in [5.41, 5.74) is 7.46. The SMILES string of the molecule is Cc1cc(C)c(C[N+]2=CN(CCCS(=O)(=O)[O-])[C@H](c3ccccc3)[C@H]2c2ccccc2)c(C)c1. The Morgan fingerprint density at radius 3 is 2.00 bits per heavy atom. The van der Waals surface area contributed by atoms with Crippen LogP contribution in [0.2, 0.25) is 0 Å². The van der Waals surface area contributed by atoms with E-state index in [1.807, 2.05) is 24.3 Å². The van der Waals surface area contributed by atoms with Crippen molar-refractivity contribution in [2.24, 2.45) is 0 Å². The van der Waals surface area contributed by atoms with Crippen LogP contribution in [0.25, 0.3) is 0 Å². The highest BCUT2D eigenvalue weighted by Crippen LogP contribution is 2.41. The van der Waals surface area contributed by atoms with E-state index in [1.54, 1.807) is 0 Å². The van der Waals surface area contributed by atoms with Crippen LogP contribution in [0.1, 0.15) is 51.9 Å². The normalized spacial score (nSPS) is 18.2. The molecule has 1 heterocycles. The highest BCUT2D eigenvalue weighted by Gasteiger charge is 2.43. The van der Waals surface area contributed by atoms with Gasteiger partial charge in [0.25, 0.3) is 0 Å². The number of hydrogen-bond acceptors (Lipinski definition) is 4. The Labute approximate surface area is 203 Å². The highest BCUT2D eigenvalue weighted by atomic mass is 32.2. The van der Waals surface area contributed by atoms with Crippen LogP contribution in [-0.2, 0) is 16.7 Å². The molecule has 178 valence electrons. The molecule has 0 unspecified atom stereocenters. The minimum Gasteiger partial charge on any atom is -0.748 e. The molecule has 0 saturated carbocycles. The van der Waals surface area contributed by atoms with Gasteiger partial charge in [-0.15, -0.1) is 0 Å². The summed E-state index contributed by atoms with van der Waals surface area (Å²) in [4.78, 5) is 2.21. The van der Waals surface area contributed by atoms with Crippen molar-refractivity contribution in [1.82, 2.24) is 4.90 Å². The third-order valence-corrected chi connectivity index (χ3v) is 7.37. The lowest BCUT2D eigenvalue weighted by Gasteiger charge is -2.25. The largest absolute Gasteiger partial charge is 0.748 e. The molecule has 34 heavy (non-hydrogen) atoms. The Balaban J connectivity index is 1.77. The quantitative estimate of drug-likeness (QED) is 0.343. The second kappa shape index (κ2) is 10.1. The lowest BCUT2D eigenvalue weighted by molar-refractivity contribution is -0.578. The van der Waals surface area contributed by atoms with Crippen molar-refractivity contribution < 1.29 is 17.5 Å². The number of rotatable bonds is 8. The number of benzene rings is 3. The van der Waals surface area contributed by atoms with Crippen molar-refractivity contribution in [2.45, 2.75) is 45.8 Å². The van der Waals surface area contributed by atoms with Crippen LogP contribution in [0.15, 0.2) is 72.8 Å². The zero-order chi connectivity index (χ0) is 24.3. The molecule has 0 aliphatic carbocycles.